The summed E-state index contributed by atoms with van der Waals surface area (Å²) in [5, 5.41) is 13.1. The maximum atomic E-state index is 5.55. The molecule has 0 N–H and O–H groups in total. The van der Waals surface area contributed by atoms with Gasteiger partial charge in [-0.1, -0.05) is 36.4 Å². The Bertz CT molecular complexity index is 1060. The third kappa shape index (κ3) is 3.61. The van der Waals surface area contributed by atoms with Gasteiger partial charge in [-0.05, 0) is 36.1 Å². The van der Waals surface area contributed by atoms with E-state index in [1.54, 1.807) is 28.9 Å². The summed E-state index contributed by atoms with van der Waals surface area (Å²) >= 11 is 3.25. The maximum Gasteiger partial charge on any atom is 0.211 e. The van der Waals surface area contributed by atoms with E-state index >= 15 is 0 Å². The van der Waals surface area contributed by atoms with Crippen LogP contribution in [0.2, 0.25) is 0 Å². The normalized spacial score (nSPS) is 12.7. The fourth-order valence-electron chi connectivity index (χ4n) is 2.61. The van der Waals surface area contributed by atoms with Crippen LogP contribution in [-0.4, -0.2) is 10.3 Å². The number of rotatable bonds is 5. The smallest absolute Gasteiger partial charge is 0.211 e. The van der Waals surface area contributed by atoms with Gasteiger partial charge in [-0.25, -0.2) is 0 Å². The first kappa shape index (κ1) is 16.8. The summed E-state index contributed by atoms with van der Waals surface area (Å²) in [6.07, 6.45) is 1.69. The third-order valence-electron chi connectivity index (χ3n) is 3.92. The van der Waals surface area contributed by atoms with Crippen LogP contribution in [0.25, 0.3) is 11.3 Å². The zero-order valence-electron chi connectivity index (χ0n) is 14.2. The van der Waals surface area contributed by atoms with Gasteiger partial charge >= 0.3 is 0 Å². The molecular weight excluding hydrogens is 362 g/mol. The topological polar surface area (TPSA) is 42.8 Å². The minimum absolute atomic E-state index is 0.618. The number of furan rings is 1. The molecule has 1 aromatic carbocycles. The minimum atomic E-state index is 0.618. The van der Waals surface area contributed by atoms with E-state index in [0.717, 1.165) is 32.4 Å². The molecule has 0 saturated carbocycles. The van der Waals surface area contributed by atoms with Gasteiger partial charge < -0.3 is 8.98 Å². The second kappa shape index (κ2) is 7.68. The van der Waals surface area contributed by atoms with Gasteiger partial charge in [-0.3, -0.25) is 0 Å². The molecule has 0 spiro atoms. The molecule has 0 bridgehead atoms. The summed E-state index contributed by atoms with van der Waals surface area (Å²) < 4.78 is 7.69. The lowest BCUT2D eigenvalue weighted by molar-refractivity contribution is 0.491. The first-order chi connectivity index (χ1) is 12.8. The van der Waals surface area contributed by atoms with Crippen molar-refractivity contribution in [3.05, 3.63) is 87.1 Å². The monoisotopic (exact) mass is 379 g/mol. The number of aromatic nitrogens is 1. The molecule has 6 heteroatoms. The molecule has 0 aliphatic rings. The molecule has 3 aromatic heterocycles. The van der Waals surface area contributed by atoms with Crippen LogP contribution in [0.15, 0.2) is 86.2 Å². The molecule has 130 valence electrons. The highest BCUT2D eigenvalue weighted by Gasteiger charge is 2.10. The second-order valence-electron chi connectivity index (χ2n) is 5.70. The molecule has 0 unspecified atom stereocenters. The van der Waals surface area contributed by atoms with Gasteiger partial charge in [0.2, 0.25) is 4.80 Å². The van der Waals surface area contributed by atoms with Gasteiger partial charge in [0.15, 0.2) is 0 Å². The molecule has 26 heavy (non-hydrogen) atoms. The lowest BCUT2D eigenvalue weighted by Crippen LogP contribution is -2.16. The van der Waals surface area contributed by atoms with Crippen molar-refractivity contribution in [1.29, 1.82) is 0 Å². The van der Waals surface area contributed by atoms with Crippen LogP contribution in [0.3, 0.4) is 0 Å². The molecular formula is C20H17N3OS2. The van der Waals surface area contributed by atoms with E-state index in [1.807, 2.05) is 48.7 Å². The fraction of sp³-hybridized carbons (Fsp3) is 0.100. The van der Waals surface area contributed by atoms with Gasteiger partial charge in [-0.15, -0.1) is 27.8 Å². The van der Waals surface area contributed by atoms with Crippen molar-refractivity contribution in [1.82, 2.24) is 4.57 Å². The number of hydrogen-bond donors (Lipinski definition) is 0. The van der Waals surface area contributed by atoms with E-state index in [0.29, 0.717) is 6.54 Å². The Morgan fingerprint density at radius 1 is 1.04 bits per heavy atom. The summed E-state index contributed by atoms with van der Waals surface area (Å²) in [7, 11) is 0. The van der Waals surface area contributed by atoms with Gasteiger partial charge in [0.05, 0.1) is 29.1 Å². The van der Waals surface area contributed by atoms with Gasteiger partial charge in [0.1, 0.15) is 5.76 Å². The molecule has 0 amide bonds. The van der Waals surface area contributed by atoms with Crippen molar-refractivity contribution in [2.75, 3.05) is 0 Å². The summed E-state index contributed by atoms with van der Waals surface area (Å²) in [6, 6.07) is 18.3. The Morgan fingerprint density at radius 2 is 1.92 bits per heavy atom. The molecule has 4 nitrogen and oxygen atoms in total. The molecule has 0 atom stereocenters. The molecule has 0 radical (unpaired) electrons. The zero-order valence-corrected chi connectivity index (χ0v) is 15.8. The SMILES string of the molecule is C/C(=N\N=c1\scc(-c2ccccc2)n1Cc1ccco1)c1cccs1. The van der Waals surface area contributed by atoms with E-state index < -0.39 is 0 Å². The standard InChI is InChI=1S/C20H17N3OS2/c1-15(19-10-6-12-25-19)21-22-20-23(13-17-9-5-11-24-17)18(14-26-20)16-7-3-2-4-8-16/h2-12,14H,13H2,1H3/b21-15+,22-20+. The predicted molar refractivity (Wildman–Crippen MR) is 108 cm³/mol. The Morgan fingerprint density at radius 3 is 2.65 bits per heavy atom. The second-order valence-corrected chi connectivity index (χ2v) is 7.48. The molecule has 4 rings (SSSR count). The zero-order chi connectivity index (χ0) is 17.8. The van der Waals surface area contributed by atoms with Gasteiger partial charge in [0.25, 0.3) is 0 Å². The molecule has 0 saturated heterocycles. The fourth-order valence-corrected chi connectivity index (χ4v) is 4.14. The summed E-state index contributed by atoms with van der Waals surface area (Å²) in [4.78, 5) is 1.97. The van der Waals surface area contributed by atoms with E-state index in [-0.39, 0.29) is 0 Å². The number of thiazole rings is 1. The average molecular weight is 380 g/mol. The van der Waals surface area contributed by atoms with Gasteiger partial charge in [-0.2, -0.15) is 5.10 Å². The summed E-state index contributed by atoms with van der Waals surface area (Å²) in [5.74, 6) is 0.890. The van der Waals surface area contributed by atoms with Crippen molar-refractivity contribution < 1.29 is 4.42 Å². The Labute approximate surface area is 159 Å². The molecule has 0 aliphatic carbocycles. The number of hydrogen-bond acceptors (Lipinski definition) is 5. The van der Waals surface area contributed by atoms with E-state index in [1.165, 1.54) is 0 Å². The number of benzene rings is 1. The highest BCUT2D eigenvalue weighted by atomic mass is 32.1. The summed E-state index contributed by atoms with van der Waals surface area (Å²) in [6.45, 7) is 2.60. The highest BCUT2D eigenvalue weighted by Crippen LogP contribution is 2.21. The van der Waals surface area contributed by atoms with Crippen molar-refractivity contribution in [2.45, 2.75) is 13.5 Å². The van der Waals surface area contributed by atoms with Crippen molar-refractivity contribution in [3.63, 3.8) is 0 Å². The van der Waals surface area contributed by atoms with Crippen LogP contribution in [0.1, 0.15) is 17.6 Å². The summed E-state index contributed by atoms with van der Waals surface area (Å²) in [5.41, 5.74) is 3.17. The lowest BCUT2D eigenvalue weighted by Gasteiger charge is -2.07. The molecule has 3 heterocycles. The van der Waals surface area contributed by atoms with E-state index in [2.05, 4.69) is 38.3 Å². The Hall–Kier alpha value is -2.70. The minimum Gasteiger partial charge on any atom is -0.467 e. The van der Waals surface area contributed by atoms with Crippen LogP contribution >= 0.6 is 22.7 Å². The first-order valence-electron chi connectivity index (χ1n) is 8.19. The predicted octanol–water partition coefficient (Wildman–Crippen LogP) is 5.24. The van der Waals surface area contributed by atoms with Crippen LogP contribution in [0.4, 0.5) is 0 Å². The van der Waals surface area contributed by atoms with E-state index in [4.69, 9.17) is 4.42 Å². The first-order valence-corrected chi connectivity index (χ1v) is 9.95. The molecule has 4 aromatic rings. The number of nitrogens with zero attached hydrogens (tertiary/aromatic N) is 3. The maximum absolute atomic E-state index is 5.55. The van der Waals surface area contributed by atoms with Crippen molar-refractivity contribution >= 4 is 28.4 Å². The third-order valence-corrected chi connectivity index (χ3v) is 5.76. The van der Waals surface area contributed by atoms with Crippen molar-refractivity contribution in [3.8, 4) is 11.3 Å². The largest absolute Gasteiger partial charge is 0.467 e. The Balaban J connectivity index is 1.78. The molecule has 0 fully saturated rings. The van der Waals surface area contributed by atoms with Crippen molar-refractivity contribution in [2.24, 2.45) is 10.2 Å². The Kier molecular flexibility index (Phi) is 4.95. The van der Waals surface area contributed by atoms with Crippen LogP contribution < -0.4 is 4.80 Å². The van der Waals surface area contributed by atoms with Crippen LogP contribution in [-0.2, 0) is 6.54 Å². The van der Waals surface area contributed by atoms with E-state index in [9.17, 15) is 0 Å². The quantitative estimate of drug-likeness (QED) is 0.345. The average Bonchev–Trinajstić information content (AvgIpc) is 3.43. The van der Waals surface area contributed by atoms with Crippen LogP contribution in [0.5, 0.6) is 0 Å². The van der Waals surface area contributed by atoms with Crippen LogP contribution in [0, 0.1) is 0 Å². The number of thiophene rings is 1. The highest BCUT2D eigenvalue weighted by molar-refractivity contribution is 7.12. The molecule has 0 aliphatic heterocycles. The van der Waals surface area contributed by atoms with Gasteiger partial charge in [0, 0.05) is 5.38 Å². The lowest BCUT2D eigenvalue weighted by atomic mass is 10.2.